The van der Waals surface area contributed by atoms with E-state index in [-0.39, 0.29) is 12.5 Å². The molecule has 0 heterocycles. The van der Waals surface area contributed by atoms with Crippen LogP contribution in [-0.4, -0.2) is 30.6 Å². The molecule has 21 heavy (non-hydrogen) atoms. The minimum absolute atomic E-state index is 0.112. The van der Waals surface area contributed by atoms with E-state index in [4.69, 9.17) is 9.84 Å². The summed E-state index contributed by atoms with van der Waals surface area (Å²) in [5, 5.41) is 8.54. The lowest BCUT2D eigenvalue weighted by molar-refractivity contribution is -0.139. The van der Waals surface area contributed by atoms with Gasteiger partial charge in [-0.25, -0.2) is 4.79 Å². The Kier molecular flexibility index (Phi) is 5.20. The summed E-state index contributed by atoms with van der Waals surface area (Å²) in [5.41, 5.74) is 0.788. The van der Waals surface area contributed by atoms with Crippen LogP contribution in [0.1, 0.15) is 32.1 Å². The summed E-state index contributed by atoms with van der Waals surface area (Å²) >= 11 is 0. The number of carbonyl (C=O) groups is 2. The quantitative estimate of drug-likeness (QED) is 0.838. The fourth-order valence-electron chi connectivity index (χ4n) is 2.33. The Morgan fingerprint density at radius 1 is 1.29 bits per heavy atom. The van der Waals surface area contributed by atoms with Gasteiger partial charge >= 0.3 is 5.97 Å². The maximum absolute atomic E-state index is 12.1. The second kappa shape index (κ2) is 7.11. The van der Waals surface area contributed by atoms with Gasteiger partial charge in [0.15, 0.2) is 6.61 Å². The van der Waals surface area contributed by atoms with Gasteiger partial charge in [0.25, 0.3) is 0 Å². The number of aliphatic carboxylic acids is 1. The molecule has 1 aliphatic rings. The first-order valence-electron chi connectivity index (χ1n) is 7.27. The molecular weight excluding hydrogens is 270 g/mol. The highest BCUT2D eigenvalue weighted by Gasteiger charge is 2.19. The smallest absolute Gasteiger partial charge is 0.341 e. The van der Waals surface area contributed by atoms with Crippen LogP contribution in [0, 0.1) is 5.92 Å². The van der Waals surface area contributed by atoms with Crippen LogP contribution in [0.3, 0.4) is 0 Å². The fourth-order valence-corrected chi connectivity index (χ4v) is 2.33. The Balaban J connectivity index is 1.84. The van der Waals surface area contributed by atoms with Gasteiger partial charge in [-0.05, 0) is 36.6 Å². The summed E-state index contributed by atoms with van der Waals surface area (Å²) in [6.45, 7) is -0.366. The maximum atomic E-state index is 12.1. The molecule has 1 amide bonds. The molecule has 2 rings (SSSR count). The van der Waals surface area contributed by atoms with Gasteiger partial charge in [0.2, 0.25) is 5.91 Å². The van der Waals surface area contributed by atoms with Crippen molar-refractivity contribution in [2.45, 2.75) is 32.1 Å². The van der Waals surface area contributed by atoms with Crippen LogP contribution < -0.4 is 9.64 Å². The molecule has 5 heteroatoms. The molecule has 0 atom stereocenters. The summed E-state index contributed by atoms with van der Waals surface area (Å²) in [5.74, 6) is 0.314. The van der Waals surface area contributed by atoms with Crippen molar-refractivity contribution in [2.75, 3.05) is 18.6 Å². The molecule has 0 saturated heterocycles. The number of carbonyl (C=O) groups excluding carboxylic acids is 1. The molecule has 1 aromatic carbocycles. The first kappa shape index (κ1) is 15.4. The van der Waals surface area contributed by atoms with Gasteiger partial charge in [-0.15, -0.1) is 0 Å². The minimum atomic E-state index is -1.01. The highest BCUT2D eigenvalue weighted by molar-refractivity contribution is 5.92. The van der Waals surface area contributed by atoms with E-state index >= 15 is 0 Å². The fraction of sp³-hybridized carbons (Fsp3) is 0.500. The van der Waals surface area contributed by atoms with Gasteiger partial charge in [-0.2, -0.15) is 0 Å². The van der Waals surface area contributed by atoms with Crippen molar-refractivity contribution in [1.82, 2.24) is 0 Å². The molecule has 0 aromatic heterocycles. The number of carboxylic acids is 1. The number of benzene rings is 1. The zero-order chi connectivity index (χ0) is 15.2. The largest absolute Gasteiger partial charge is 0.482 e. The van der Waals surface area contributed by atoms with E-state index in [1.807, 2.05) is 0 Å². The zero-order valence-corrected chi connectivity index (χ0v) is 12.2. The summed E-state index contributed by atoms with van der Waals surface area (Å²) in [6, 6.07) is 6.87. The van der Waals surface area contributed by atoms with Crippen LogP contribution in [0.25, 0.3) is 0 Å². The van der Waals surface area contributed by atoms with Crippen LogP contribution in [0.4, 0.5) is 5.69 Å². The summed E-state index contributed by atoms with van der Waals surface area (Å²) in [7, 11) is 1.76. The number of hydrogen-bond donors (Lipinski definition) is 1. The van der Waals surface area contributed by atoms with E-state index in [2.05, 4.69) is 0 Å². The summed E-state index contributed by atoms with van der Waals surface area (Å²) < 4.78 is 5.06. The van der Waals surface area contributed by atoms with E-state index in [0.717, 1.165) is 18.0 Å². The topological polar surface area (TPSA) is 66.8 Å². The van der Waals surface area contributed by atoms with Crippen LogP contribution in [0.5, 0.6) is 5.75 Å². The highest BCUT2D eigenvalue weighted by Crippen LogP contribution is 2.30. The van der Waals surface area contributed by atoms with E-state index in [9.17, 15) is 9.59 Å². The van der Waals surface area contributed by atoms with Crippen LogP contribution in [0.2, 0.25) is 0 Å². The van der Waals surface area contributed by atoms with Crippen molar-refractivity contribution >= 4 is 17.6 Å². The Morgan fingerprint density at radius 2 is 1.95 bits per heavy atom. The Hall–Kier alpha value is -2.04. The van der Waals surface area contributed by atoms with Gasteiger partial charge in [0.1, 0.15) is 5.75 Å². The SMILES string of the molecule is CN(C(=O)CCC1CCC1)c1ccc(OCC(=O)O)cc1. The Labute approximate surface area is 124 Å². The first-order valence-corrected chi connectivity index (χ1v) is 7.27. The number of amides is 1. The lowest BCUT2D eigenvalue weighted by atomic mass is 9.82. The number of ether oxygens (including phenoxy) is 1. The maximum Gasteiger partial charge on any atom is 0.341 e. The molecule has 1 saturated carbocycles. The summed E-state index contributed by atoms with van der Waals surface area (Å²) in [6.07, 6.45) is 5.37. The Bertz CT molecular complexity index is 494. The van der Waals surface area contributed by atoms with Gasteiger partial charge in [0, 0.05) is 19.2 Å². The first-order chi connectivity index (χ1) is 10.1. The lowest BCUT2D eigenvalue weighted by Gasteiger charge is -2.26. The van der Waals surface area contributed by atoms with Crippen molar-refractivity contribution in [3.05, 3.63) is 24.3 Å². The second-order valence-electron chi connectivity index (χ2n) is 5.46. The Morgan fingerprint density at radius 3 is 2.48 bits per heavy atom. The third-order valence-corrected chi connectivity index (χ3v) is 3.95. The van der Waals surface area contributed by atoms with Crippen molar-refractivity contribution in [1.29, 1.82) is 0 Å². The second-order valence-corrected chi connectivity index (χ2v) is 5.46. The predicted octanol–water partition coefficient (Wildman–Crippen LogP) is 2.69. The summed E-state index contributed by atoms with van der Waals surface area (Å²) in [4.78, 5) is 24.2. The molecule has 1 aromatic rings. The molecule has 0 radical (unpaired) electrons. The molecule has 1 N–H and O–H groups in total. The van der Waals surface area contributed by atoms with E-state index in [0.29, 0.717) is 12.2 Å². The average Bonchev–Trinajstić information content (AvgIpc) is 2.43. The van der Waals surface area contributed by atoms with E-state index in [1.165, 1.54) is 19.3 Å². The molecule has 5 nitrogen and oxygen atoms in total. The molecule has 1 aliphatic carbocycles. The van der Waals surface area contributed by atoms with E-state index in [1.54, 1.807) is 36.2 Å². The van der Waals surface area contributed by atoms with Gasteiger partial charge < -0.3 is 14.7 Å². The van der Waals surface area contributed by atoms with Gasteiger partial charge in [-0.1, -0.05) is 19.3 Å². The third-order valence-electron chi connectivity index (χ3n) is 3.95. The lowest BCUT2D eigenvalue weighted by Crippen LogP contribution is -2.27. The van der Waals surface area contributed by atoms with Crippen molar-refractivity contribution in [3.8, 4) is 5.75 Å². The van der Waals surface area contributed by atoms with Crippen molar-refractivity contribution in [2.24, 2.45) is 5.92 Å². The molecule has 1 fully saturated rings. The molecule has 0 unspecified atom stereocenters. The molecule has 114 valence electrons. The van der Waals surface area contributed by atoms with Crippen LogP contribution in [0.15, 0.2) is 24.3 Å². The molecule has 0 bridgehead atoms. The minimum Gasteiger partial charge on any atom is -0.482 e. The number of rotatable bonds is 7. The normalized spacial score (nSPS) is 14.3. The highest BCUT2D eigenvalue weighted by atomic mass is 16.5. The average molecular weight is 291 g/mol. The molecular formula is C16H21NO4. The predicted molar refractivity (Wildman–Crippen MR) is 79.6 cm³/mol. The standard InChI is InChI=1S/C16H21NO4/c1-17(15(18)10-5-12-3-2-4-12)13-6-8-14(9-7-13)21-11-16(19)20/h6-9,12H,2-5,10-11H2,1H3,(H,19,20). The zero-order valence-electron chi connectivity index (χ0n) is 12.2. The van der Waals surface area contributed by atoms with Crippen LogP contribution in [-0.2, 0) is 9.59 Å². The number of carboxylic acid groups (broad SMARTS) is 1. The van der Waals surface area contributed by atoms with Crippen molar-refractivity contribution in [3.63, 3.8) is 0 Å². The monoisotopic (exact) mass is 291 g/mol. The molecule has 0 spiro atoms. The van der Waals surface area contributed by atoms with Crippen molar-refractivity contribution < 1.29 is 19.4 Å². The van der Waals surface area contributed by atoms with E-state index < -0.39 is 5.97 Å². The van der Waals surface area contributed by atoms with Crippen LogP contribution >= 0.6 is 0 Å². The number of anilines is 1. The number of hydrogen-bond acceptors (Lipinski definition) is 3. The van der Waals surface area contributed by atoms with Gasteiger partial charge in [-0.3, -0.25) is 4.79 Å². The van der Waals surface area contributed by atoms with Gasteiger partial charge in [0.05, 0.1) is 0 Å². The number of nitrogens with zero attached hydrogens (tertiary/aromatic N) is 1. The molecule has 0 aliphatic heterocycles. The third kappa shape index (κ3) is 4.48.